The summed E-state index contributed by atoms with van der Waals surface area (Å²) < 4.78 is 41.2. The average Bonchev–Trinajstić information content (AvgIpc) is 2.72. The van der Waals surface area contributed by atoms with Gasteiger partial charge >= 0.3 is 0 Å². The van der Waals surface area contributed by atoms with Gasteiger partial charge in [-0.05, 0) is 55.3 Å². The second kappa shape index (κ2) is 9.60. The molecule has 1 amide bonds. The monoisotopic (exact) mass is 460 g/mol. The SMILES string of the molecule is Cc1ccc(S(=O)(=O)N(CC(=O)Nc2cc(F)ccc2C)Cc2ccccc2Cl)cc1. The van der Waals surface area contributed by atoms with Crippen LogP contribution in [0.25, 0.3) is 0 Å². The Balaban J connectivity index is 1.91. The molecule has 0 saturated heterocycles. The first-order chi connectivity index (χ1) is 14.7. The van der Waals surface area contributed by atoms with E-state index >= 15 is 0 Å². The van der Waals surface area contributed by atoms with Gasteiger partial charge in [0.2, 0.25) is 15.9 Å². The van der Waals surface area contributed by atoms with Crippen molar-refractivity contribution in [2.24, 2.45) is 0 Å². The van der Waals surface area contributed by atoms with E-state index in [1.807, 2.05) is 6.92 Å². The van der Waals surface area contributed by atoms with Crippen molar-refractivity contribution in [3.8, 4) is 0 Å². The number of hydrogen-bond acceptors (Lipinski definition) is 3. The second-order valence-corrected chi connectivity index (χ2v) is 9.53. The van der Waals surface area contributed by atoms with Crippen molar-refractivity contribution in [2.75, 3.05) is 11.9 Å². The molecule has 0 unspecified atom stereocenters. The van der Waals surface area contributed by atoms with Gasteiger partial charge in [-0.25, -0.2) is 12.8 Å². The fourth-order valence-electron chi connectivity index (χ4n) is 2.98. The molecule has 0 atom stereocenters. The molecular weight excluding hydrogens is 439 g/mol. The molecule has 0 bridgehead atoms. The summed E-state index contributed by atoms with van der Waals surface area (Å²) >= 11 is 6.23. The van der Waals surface area contributed by atoms with E-state index in [1.165, 1.54) is 30.3 Å². The highest BCUT2D eigenvalue weighted by molar-refractivity contribution is 7.89. The van der Waals surface area contributed by atoms with Gasteiger partial charge in [0.1, 0.15) is 5.82 Å². The minimum Gasteiger partial charge on any atom is -0.325 e. The lowest BCUT2D eigenvalue weighted by Crippen LogP contribution is -2.37. The Hall–Kier alpha value is -2.74. The van der Waals surface area contributed by atoms with Gasteiger partial charge in [-0.2, -0.15) is 4.31 Å². The fraction of sp³-hybridized carbons (Fsp3) is 0.174. The quantitative estimate of drug-likeness (QED) is 0.544. The number of halogens is 2. The minimum absolute atomic E-state index is 0.0693. The molecule has 0 fully saturated rings. The number of rotatable bonds is 7. The number of hydrogen-bond donors (Lipinski definition) is 1. The molecule has 0 aromatic heterocycles. The summed E-state index contributed by atoms with van der Waals surface area (Å²) in [5.74, 6) is -1.09. The highest BCUT2D eigenvalue weighted by atomic mass is 35.5. The molecule has 31 heavy (non-hydrogen) atoms. The van der Waals surface area contributed by atoms with Gasteiger partial charge in [-0.15, -0.1) is 0 Å². The van der Waals surface area contributed by atoms with Crippen LogP contribution in [0.5, 0.6) is 0 Å². The molecule has 5 nitrogen and oxygen atoms in total. The molecule has 0 saturated carbocycles. The zero-order valence-electron chi connectivity index (χ0n) is 17.1. The van der Waals surface area contributed by atoms with Gasteiger partial charge in [0.05, 0.1) is 11.4 Å². The molecule has 3 aromatic carbocycles. The molecule has 8 heteroatoms. The van der Waals surface area contributed by atoms with Crippen LogP contribution in [0.4, 0.5) is 10.1 Å². The van der Waals surface area contributed by atoms with Crippen LogP contribution < -0.4 is 5.32 Å². The molecule has 3 rings (SSSR count). The van der Waals surface area contributed by atoms with E-state index in [9.17, 15) is 17.6 Å². The van der Waals surface area contributed by atoms with Crippen molar-refractivity contribution in [3.05, 3.63) is 94.3 Å². The third-order valence-electron chi connectivity index (χ3n) is 4.76. The number of anilines is 1. The van der Waals surface area contributed by atoms with Gasteiger partial charge in [0.15, 0.2) is 0 Å². The lowest BCUT2D eigenvalue weighted by atomic mass is 10.2. The lowest BCUT2D eigenvalue weighted by Gasteiger charge is -2.23. The molecule has 0 spiro atoms. The maximum absolute atomic E-state index is 13.6. The molecule has 1 N–H and O–H groups in total. The standard InChI is InChI=1S/C23H22ClFN2O3S/c1-16-7-11-20(12-8-16)31(29,30)27(14-18-5-3-4-6-21(18)24)15-23(28)26-22-13-19(25)10-9-17(22)2/h3-13H,14-15H2,1-2H3,(H,26,28). The summed E-state index contributed by atoms with van der Waals surface area (Å²) in [6.07, 6.45) is 0. The molecule has 0 aliphatic carbocycles. The number of nitrogens with zero attached hydrogens (tertiary/aromatic N) is 1. The smallest absolute Gasteiger partial charge is 0.243 e. The van der Waals surface area contributed by atoms with Crippen molar-refractivity contribution < 1.29 is 17.6 Å². The third kappa shape index (κ3) is 5.70. The van der Waals surface area contributed by atoms with E-state index in [2.05, 4.69) is 5.32 Å². The lowest BCUT2D eigenvalue weighted by molar-refractivity contribution is -0.116. The Bertz CT molecular complexity index is 1200. The Morgan fingerprint density at radius 3 is 2.39 bits per heavy atom. The molecule has 3 aromatic rings. The molecule has 0 radical (unpaired) electrons. The van der Waals surface area contributed by atoms with Gasteiger partial charge in [-0.3, -0.25) is 4.79 Å². The predicted octanol–water partition coefficient (Wildman–Crippen LogP) is 4.93. The Kier molecular flexibility index (Phi) is 7.10. The highest BCUT2D eigenvalue weighted by Gasteiger charge is 2.27. The summed E-state index contributed by atoms with van der Waals surface area (Å²) in [5, 5.41) is 2.99. The zero-order chi connectivity index (χ0) is 22.6. The van der Waals surface area contributed by atoms with E-state index in [4.69, 9.17) is 11.6 Å². The first-order valence-corrected chi connectivity index (χ1v) is 11.3. The van der Waals surface area contributed by atoms with Crippen LogP contribution in [-0.4, -0.2) is 25.2 Å². The van der Waals surface area contributed by atoms with E-state index in [0.29, 0.717) is 16.1 Å². The van der Waals surface area contributed by atoms with Gasteiger partial charge in [0, 0.05) is 17.3 Å². The number of nitrogens with one attached hydrogen (secondary N) is 1. The topological polar surface area (TPSA) is 66.5 Å². The number of aryl methyl sites for hydroxylation is 2. The van der Waals surface area contributed by atoms with Gasteiger partial charge in [-0.1, -0.05) is 53.6 Å². The number of sulfonamides is 1. The average molecular weight is 461 g/mol. The van der Waals surface area contributed by atoms with E-state index in [-0.39, 0.29) is 17.1 Å². The Labute approximate surface area is 186 Å². The van der Waals surface area contributed by atoms with Crippen molar-refractivity contribution >= 4 is 33.2 Å². The van der Waals surface area contributed by atoms with Crippen molar-refractivity contribution in [1.29, 1.82) is 0 Å². The van der Waals surface area contributed by atoms with Crippen LogP contribution in [0.1, 0.15) is 16.7 Å². The number of amides is 1. The van der Waals surface area contributed by atoms with Crippen LogP contribution in [-0.2, 0) is 21.4 Å². The van der Waals surface area contributed by atoms with Crippen molar-refractivity contribution in [3.63, 3.8) is 0 Å². The Morgan fingerprint density at radius 1 is 1.03 bits per heavy atom. The summed E-state index contributed by atoms with van der Waals surface area (Å²) in [4.78, 5) is 12.8. The van der Waals surface area contributed by atoms with Gasteiger partial charge in [0.25, 0.3) is 0 Å². The number of carbonyl (C=O) groups excluding carboxylic acids is 1. The van der Waals surface area contributed by atoms with Crippen molar-refractivity contribution in [1.82, 2.24) is 4.31 Å². The van der Waals surface area contributed by atoms with Crippen LogP contribution >= 0.6 is 11.6 Å². The highest BCUT2D eigenvalue weighted by Crippen LogP contribution is 2.23. The number of carbonyl (C=O) groups is 1. The van der Waals surface area contributed by atoms with Crippen LogP contribution in [0.15, 0.2) is 71.6 Å². The first kappa shape index (κ1) is 22.9. The summed E-state index contributed by atoms with van der Waals surface area (Å²) in [7, 11) is -4.00. The molecular formula is C23H22ClFN2O3S. The maximum Gasteiger partial charge on any atom is 0.243 e. The Morgan fingerprint density at radius 2 is 1.71 bits per heavy atom. The normalized spacial score (nSPS) is 11.5. The van der Waals surface area contributed by atoms with E-state index in [1.54, 1.807) is 43.3 Å². The summed E-state index contributed by atoms with van der Waals surface area (Å²) in [5.41, 5.74) is 2.43. The first-order valence-electron chi connectivity index (χ1n) is 9.53. The van der Waals surface area contributed by atoms with Crippen LogP contribution in [0.3, 0.4) is 0 Å². The maximum atomic E-state index is 13.6. The number of benzene rings is 3. The van der Waals surface area contributed by atoms with Crippen molar-refractivity contribution in [2.45, 2.75) is 25.3 Å². The van der Waals surface area contributed by atoms with E-state index < -0.39 is 28.3 Å². The molecule has 0 aliphatic heterocycles. The third-order valence-corrected chi connectivity index (χ3v) is 6.93. The van der Waals surface area contributed by atoms with Gasteiger partial charge < -0.3 is 5.32 Å². The van der Waals surface area contributed by atoms with Crippen LogP contribution in [0, 0.1) is 19.7 Å². The zero-order valence-corrected chi connectivity index (χ0v) is 18.7. The molecule has 0 heterocycles. The second-order valence-electron chi connectivity index (χ2n) is 7.18. The fourth-order valence-corrected chi connectivity index (χ4v) is 4.55. The van der Waals surface area contributed by atoms with Crippen LogP contribution in [0.2, 0.25) is 5.02 Å². The minimum atomic E-state index is -4.00. The van der Waals surface area contributed by atoms with E-state index in [0.717, 1.165) is 9.87 Å². The summed E-state index contributed by atoms with van der Waals surface area (Å²) in [6, 6.07) is 17.2. The summed E-state index contributed by atoms with van der Waals surface area (Å²) in [6.45, 7) is 3.02. The largest absolute Gasteiger partial charge is 0.325 e. The predicted molar refractivity (Wildman–Crippen MR) is 120 cm³/mol. The molecule has 162 valence electrons. The molecule has 0 aliphatic rings.